The average molecular weight is 425 g/mol. The summed E-state index contributed by atoms with van der Waals surface area (Å²) in [6.45, 7) is 1.81. The van der Waals surface area contributed by atoms with E-state index < -0.39 is 0 Å². The molecule has 150 valence electrons. The molecule has 2 aromatic rings. The molecular formula is C20H22Cl2N2O4. The van der Waals surface area contributed by atoms with Crippen LogP contribution in [0.3, 0.4) is 0 Å². The Bertz CT molecular complexity index is 832. The topological polar surface area (TPSA) is 66.6 Å². The predicted octanol–water partition coefficient (Wildman–Crippen LogP) is 5.12. The molecule has 0 bridgehead atoms. The van der Waals surface area contributed by atoms with E-state index in [1.807, 2.05) is 0 Å². The maximum Gasteiger partial charge on any atom is 0.168 e. The van der Waals surface area contributed by atoms with Gasteiger partial charge in [0.05, 0.1) is 36.0 Å². The van der Waals surface area contributed by atoms with E-state index >= 15 is 0 Å². The molecule has 0 unspecified atom stereocenters. The second-order valence-electron chi connectivity index (χ2n) is 7.74. The van der Waals surface area contributed by atoms with Crippen LogP contribution >= 0.6 is 23.2 Å². The molecule has 3 aliphatic rings. The Kier molecular flexibility index (Phi) is 5.09. The van der Waals surface area contributed by atoms with Gasteiger partial charge in [0.2, 0.25) is 0 Å². The minimum Gasteiger partial charge on any atom is -0.373 e. The van der Waals surface area contributed by atoms with E-state index in [0.29, 0.717) is 47.0 Å². The van der Waals surface area contributed by atoms with Gasteiger partial charge >= 0.3 is 0 Å². The van der Waals surface area contributed by atoms with Gasteiger partial charge in [-0.3, -0.25) is 4.98 Å². The first kappa shape index (κ1) is 18.8. The molecule has 1 saturated heterocycles. The first-order chi connectivity index (χ1) is 13.7. The summed E-state index contributed by atoms with van der Waals surface area (Å²) in [5.41, 5.74) is 2.27. The van der Waals surface area contributed by atoms with Crippen LogP contribution in [0.5, 0.6) is 0 Å². The van der Waals surface area contributed by atoms with Gasteiger partial charge in [0.1, 0.15) is 11.5 Å². The van der Waals surface area contributed by atoms with Gasteiger partial charge in [-0.05, 0) is 25.7 Å². The lowest BCUT2D eigenvalue weighted by molar-refractivity contribution is -0.192. The van der Waals surface area contributed by atoms with E-state index in [0.717, 1.165) is 49.8 Å². The van der Waals surface area contributed by atoms with Crippen molar-refractivity contribution in [2.75, 3.05) is 13.2 Å². The van der Waals surface area contributed by atoms with Crippen LogP contribution in [0.15, 0.2) is 16.9 Å². The number of hydrogen-bond acceptors (Lipinski definition) is 6. The average Bonchev–Trinajstić information content (AvgIpc) is 3.30. The number of nitrogens with zero attached hydrogens (tertiary/aromatic N) is 2. The lowest BCUT2D eigenvalue weighted by atomic mass is 9.91. The van der Waals surface area contributed by atoms with E-state index in [1.165, 1.54) is 0 Å². The highest BCUT2D eigenvalue weighted by molar-refractivity contribution is 6.38. The Labute approximate surface area is 173 Å². The van der Waals surface area contributed by atoms with Crippen LogP contribution in [0, 0.1) is 0 Å². The summed E-state index contributed by atoms with van der Waals surface area (Å²) in [4.78, 5) is 4.03. The fraction of sp³-hybridized carbons (Fsp3) is 0.600. The fourth-order valence-electron chi connectivity index (χ4n) is 4.15. The summed E-state index contributed by atoms with van der Waals surface area (Å²) >= 11 is 12.7. The Morgan fingerprint density at radius 1 is 1.04 bits per heavy atom. The van der Waals surface area contributed by atoms with Crippen LogP contribution in [0.4, 0.5) is 0 Å². The molecule has 28 heavy (non-hydrogen) atoms. The first-order valence-corrected chi connectivity index (χ1v) is 10.6. The number of pyridine rings is 1. The third-order valence-corrected chi connectivity index (χ3v) is 6.40. The smallest absolute Gasteiger partial charge is 0.168 e. The number of aromatic nitrogens is 2. The quantitative estimate of drug-likeness (QED) is 0.662. The molecule has 5 rings (SSSR count). The Morgan fingerprint density at radius 3 is 2.36 bits per heavy atom. The first-order valence-electron chi connectivity index (χ1n) is 9.82. The number of halogens is 2. The van der Waals surface area contributed by atoms with Crippen LogP contribution in [-0.4, -0.2) is 35.2 Å². The molecule has 0 aromatic carbocycles. The third kappa shape index (κ3) is 3.57. The van der Waals surface area contributed by atoms with Crippen LogP contribution < -0.4 is 0 Å². The molecule has 0 radical (unpaired) electrons. The largest absolute Gasteiger partial charge is 0.373 e. The molecule has 2 saturated carbocycles. The highest BCUT2D eigenvalue weighted by atomic mass is 35.5. The fourth-order valence-corrected chi connectivity index (χ4v) is 4.69. The predicted molar refractivity (Wildman–Crippen MR) is 103 cm³/mol. The maximum atomic E-state index is 6.36. The van der Waals surface area contributed by atoms with E-state index in [9.17, 15) is 0 Å². The highest BCUT2D eigenvalue weighted by Crippen LogP contribution is 2.46. The van der Waals surface area contributed by atoms with Crippen molar-refractivity contribution in [1.29, 1.82) is 0 Å². The number of hydrogen-bond donors (Lipinski definition) is 0. The van der Waals surface area contributed by atoms with Crippen molar-refractivity contribution < 1.29 is 18.7 Å². The zero-order valence-corrected chi connectivity index (χ0v) is 17.0. The minimum atomic E-state index is -0.376. The van der Waals surface area contributed by atoms with Crippen LogP contribution in [0.2, 0.25) is 10.0 Å². The normalized spacial score (nSPS) is 22.2. The lowest BCUT2D eigenvalue weighted by Gasteiger charge is -2.35. The molecule has 1 aliphatic heterocycles. The van der Waals surface area contributed by atoms with Gasteiger partial charge in [0.15, 0.2) is 5.79 Å². The molecule has 2 aromatic heterocycles. The van der Waals surface area contributed by atoms with Crippen molar-refractivity contribution >= 4 is 23.2 Å². The Morgan fingerprint density at radius 2 is 1.71 bits per heavy atom. The summed E-state index contributed by atoms with van der Waals surface area (Å²) in [5.74, 6) is 0.933. The molecule has 3 fully saturated rings. The molecule has 1 spiro atoms. The number of ether oxygens (including phenoxy) is 3. The standard InChI is InChI=1S/C20H22Cl2N2O4/c21-15-9-23-10-16(22)17(15)18-14(19(28-24-18)12-1-2-12)11-25-13-3-5-20(6-4-13)26-7-8-27-20/h9-10,12-13H,1-8,11H2. The second kappa shape index (κ2) is 7.58. The van der Waals surface area contributed by atoms with Gasteiger partial charge in [-0.15, -0.1) is 0 Å². The monoisotopic (exact) mass is 424 g/mol. The molecule has 6 nitrogen and oxygen atoms in total. The Hall–Kier alpha value is -1.18. The summed E-state index contributed by atoms with van der Waals surface area (Å²) in [6, 6.07) is 0. The van der Waals surface area contributed by atoms with Crippen molar-refractivity contribution in [3.05, 3.63) is 33.8 Å². The zero-order chi connectivity index (χ0) is 19.1. The molecule has 3 heterocycles. The van der Waals surface area contributed by atoms with E-state index in [1.54, 1.807) is 12.4 Å². The van der Waals surface area contributed by atoms with E-state index in [2.05, 4.69) is 10.1 Å². The van der Waals surface area contributed by atoms with Gasteiger partial charge in [-0.1, -0.05) is 28.4 Å². The van der Waals surface area contributed by atoms with Gasteiger partial charge in [-0.25, -0.2) is 0 Å². The van der Waals surface area contributed by atoms with E-state index in [-0.39, 0.29) is 11.9 Å². The number of rotatable bonds is 5. The lowest BCUT2D eigenvalue weighted by Crippen LogP contribution is -2.37. The van der Waals surface area contributed by atoms with Crippen molar-refractivity contribution in [2.24, 2.45) is 0 Å². The van der Waals surface area contributed by atoms with Crippen molar-refractivity contribution in [1.82, 2.24) is 10.1 Å². The van der Waals surface area contributed by atoms with Gasteiger partial charge < -0.3 is 18.7 Å². The van der Waals surface area contributed by atoms with Crippen LogP contribution in [0.1, 0.15) is 55.8 Å². The molecule has 0 N–H and O–H groups in total. The SMILES string of the molecule is Clc1cncc(Cl)c1-c1noc(C2CC2)c1COC1CCC2(CC1)OCCO2. The highest BCUT2D eigenvalue weighted by Gasteiger charge is 2.41. The molecule has 8 heteroatoms. The second-order valence-corrected chi connectivity index (χ2v) is 8.56. The molecule has 0 atom stereocenters. The zero-order valence-electron chi connectivity index (χ0n) is 15.5. The van der Waals surface area contributed by atoms with Gasteiger partial charge in [0.25, 0.3) is 0 Å². The Balaban J connectivity index is 1.34. The molecule has 0 amide bonds. The summed E-state index contributed by atoms with van der Waals surface area (Å²) in [7, 11) is 0. The molecular weight excluding hydrogens is 403 g/mol. The van der Waals surface area contributed by atoms with Crippen molar-refractivity contribution in [3.63, 3.8) is 0 Å². The van der Waals surface area contributed by atoms with Gasteiger partial charge in [-0.2, -0.15) is 0 Å². The summed E-state index contributed by atoms with van der Waals surface area (Å²) in [5, 5.41) is 5.22. The minimum absolute atomic E-state index is 0.164. The third-order valence-electron chi connectivity index (χ3n) is 5.83. The molecule has 2 aliphatic carbocycles. The summed E-state index contributed by atoms with van der Waals surface area (Å²) < 4.78 is 23.6. The van der Waals surface area contributed by atoms with Crippen molar-refractivity contribution in [2.45, 2.75) is 62.9 Å². The van der Waals surface area contributed by atoms with Gasteiger partial charge in [0, 0.05) is 42.3 Å². The van der Waals surface area contributed by atoms with Crippen LogP contribution in [-0.2, 0) is 20.8 Å². The van der Waals surface area contributed by atoms with Crippen molar-refractivity contribution in [3.8, 4) is 11.3 Å². The van der Waals surface area contributed by atoms with E-state index in [4.69, 9.17) is 41.9 Å². The summed E-state index contributed by atoms with van der Waals surface area (Å²) in [6.07, 6.45) is 9.09. The maximum absolute atomic E-state index is 6.36. The van der Waals surface area contributed by atoms with Crippen LogP contribution in [0.25, 0.3) is 11.3 Å².